The van der Waals surface area contributed by atoms with E-state index in [0.717, 1.165) is 33.7 Å². The molecule has 0 radical (unpaired) electrons. The molecule has 2 aromatic carbocycles. The predicted octanol–water partition coefficient (Wildman–Crippen LogP) is 5.00. The maximum absolute atomic E-state index is 12.7. The van der Waals surface area contributed by atoms with E-state index in [-0.39, 0.29) is 12.5 Å². The average molecular weight is 452 g/mol. The van der Waals surface area contributed by atoms with E-state index in [9.17, 15) is 4.79 Å². The quantitative estimate of drug-likeness (QED) is 0.403. The summed E-state index contributed by atoms with van der Waals surface area (Å²) in [6.45, 7) is 4.05. The lowest BCUT2D eigenvalue weighted by molar-refractivity contribution is -0.116. The largest absolute Gasteiger partial charge is 0.496 e. The maximum atomic E-state index is 12.7. The van der Waals surface area contributed by atoms with Crippen molar-refractivity contribution in [1.82, 2.24) is 19.7 Å². The zero-order chi connectivity index (χ0) is 22.0. The second kappa shape index (κ2) is 8.83. The van der Waals surface area contributed by atoms with Crippen molar-refractivity contribution in [3.05, 3.63) is 63.7 Å². The van der Waals surface area contributed by atoms with Gasteiger partial charge in [0.15, 0.2) is 15.7 Å². The number of thiazole rings is 1. The number of aryl methyl sites for hydroxylation is 2. The van der Waals surface area contributed by atoms with Crippen molar-refractivity contribution in [2.45, 2.75) is 20.4 Å². The fourth-order valence-electron chi connectivity index (χ4n) is 3.25. The molecule has 0 fully saturated rings. The van der Waals surface area contributed by atoms with E-state index in [1.54, 1.807) is 11.7 Å². The van der Waals surface area contributed by atoms with E-state index in [1.165, 1.54) is 11.3 Å². The number of carbonyl (C=O) groups excluding carboxylic acids is 1. The molecule has 0 saturated carbocycles. The lowest BCUT2D eigenvalue weighted by atomic mass is 10.1. The third kappa shape index (κ3) is 4.57. The third-order valence-electron chi connectivity index (χ3n) is 4.72. The van der Waals surface area contributed by atoms with Crippen LogP contribution in [0.3, 0.4) is 0 Å². The molecule has 158 valence electrons. The molecule has 0 atom stereocenters. The topological polar surface area (TPSA) is 84.8 Å². The minimum Gasteiger partial charge on any atom is -0.496 e. The molecule has 0 aliphatic heterocycles. The number of anilines is 1. The number of rotatable bonds is 6. The minimum absolute atomic E-state index is 0.0291. The average Bonchev–Trinajstić information content (AvgIpc) is 3.35. The van der Waals surface area contributed by atoms with Crippen LogP contribution in [0.2, 0.25) is 0 Å². The summed E-state index contributed by atoms with van der Waals surface area (Å²) in [5.74, 6) is 1.12. The van der Waals surface area contributed by atoms with Gasteiger partial charge in [0.05, 0.1) is 12.8 Å². The van der Waals surface area contributed by atoms with Gasteiger partial charge in [-0.25, -0.2) is 4.98 Å². The number of benzene rings is 2. The number of hydrogen-bond donors (Lipinski definition) is 2. The van der Waals surface area contributed by atoms with E-state index in [2.05, 4.69) is 20.5 Å². The number of H-pyrrole nitrogens is 1. The Morgan fingerprint density at radius 1 is 1.23 bits per heavy atom. The highest BCUT2D eigenvalue weighted by Gasteiger charge is 2.15. The first-order valence-corrected chi connectivity index (χ1v) is 10.9. The fraction of sp³-hybridized carbons (Fsp3) is 0.182. The Hall–Kier alpha value is -3.30. The highest BCUT2D eigenvalue weighted by atomic mass is 32.1. The Labute approximate surface area is 188 Å². The van der Waals surface area contributed by atoms with E-state index >= 15 is 0 Å². The summed E-state index contributed by atoms with van der Waals surface area (Å²) in [6.07, 6.45) is 0. The van der Waals surface area contributed by atoms with Gasteiger partial charge >= 0.3 is 0 Å². The van der Waals surface area contributed by atoms with Crippen molar-refractivity contribution >= 4 is 34.6 Å². The SMILES string of the molecule is COc1ccc(C)cc1-c1csc(NC(=O)Cn2c(-c3cccc(C)c3)n[nH]c2=S)n1. The second-order valence-electron chi connectivity index (χ2n) is 7.10. The molecule has 0 aliphatic rings. The number of nitrogens with zero attached hydrogens (tertiary/aromatic N) is 3. The number of carbonyl (C=O) groups is 1. The molecular weight excluding hydrogens is 430 g/mol. The second-order valence-corrected chi connectivity index (χ2v) is 8.34. The van der Waals surface area contributed by atoms with E-state index in [1.807, 2.05) is 61.7 Å². The summed E-state index contributed by atoms with van der Waals surface area (Å²) in [5.41, 5.74) is 4.74. The number of aromatic nitrogens is 4. The van der Waals surface area contributed by atoms with Gasteiger partial charge in [-0.05, 0) is 44.3 Å². The van der Waals surface area contributed by atoms with Crippen LogP contribution >= 0.6 is 23.6 Å². The lowest BCUT2D eigenvalue weighted by Crippen LogP contribution is -2.19. The van der Waals surface area contributed by atoms with Gasteiger partial charge in [0.2, 0.25) is 5.91 Å². The Kier molecular flexibility index (Phi) is 5.97. The van der Waals surface area contributed by atoms with E-state index in [4.69, 9.17) is 17.0 Å². The predicted molar refractivity (Wildman–Crippen MR) is 125 cm³/mol. The number of nitrogens with one attached hydrogen (secondary N) is 2. The van der Waals surface area contributed by atoms with Crippen LogP contribution < -0.4 is 10.1 Å². The van der Waals surface area contributed by atoms with Crippen LogP contribution in [0.4, 0.5) is 5.13 Å². The van der Waals surface area contributed by atoms with Crippen LogP contribution in [0.5, 0.6) is 5.75 Å². The van der Waals surface area contributed by atoms with Crippen molar-refractivity contribution in [3.8, 4) is 28.4 Å². The Balaban J connectivity index is 1.53. The van der Waals surface area contributed by atoms with Crippen molar-refractivity contribution in [2.24, 2.45) is 0 Å². The molecule has 2 heterocycles. The molecule has 7 nitrogen and oxygen atoms in total. The summed E-state index contributed by atoms with van der Waals surface area (Å²) < 4.78 is 7.51. The molecule has 0 aliphatic carbocycles. The van der Waals surface area contributed by atoms with Gasteiger partial charge in [-0.1, -0.05) is 35.4 Å². The van der Waals surface area contributed by atoms with Gasteiger partial charge in [0.25, 0.3) is 0 Å². The number of methoxy groups -OCH3 is 1. The van der Waals surface area contributed by atoms with Crippen LogP contribution in [0.25, 0.3) is 22.6 Å². The third-order valence-corrected chi connectivity index (χ3v) is 5.79. The molecule has 2 aromatic heterocycles. The van der Waals surface area contributed by atoms with Gasteiger partial charge in [0.1, 0.15) is 12.3 Å². The molecular formula is C22H21N5O2S2. The Morgan fingerprint density at radius 3 is 2.81 bits per heavy atom. The van der Waals surface area contributed by atoms with Crippen LogP contribution in [-0.2, 0) is 11.3 Å². The highest BCUT2D eigenvalue weighted by molar-refractivity contribution is 7.71. The summed E-state index contributed by atoms with van der Waals surface area (Å²) in [6, 6.07) is 13.8. The number of ether oxygens (including phenoxy) is 1. The molecule has 2 N–H and O–H groups in total. The first-order valence-electron chi connectivity index (χ1n) is 9.57. The summed E-state index contributed by atoms with van der Waals surface area (Å²) in [4.78, 5) is 17.3. The highest BCUT2D eigenvalue weighted by Crippen LogP contribution is 2.33. The summed E-state index contributed by atoms with van der Waals surface area (Å²) >= 11 is 6.69. The normalized spacial score (nSPS) is 10.8. The van der Waals surface area contributed by atoms with Crippen molar-refractivity contribution in [3.63, 3.8) is 0 Å². The van der Waals surface area contributed by atoms with Gasteiger partial charge in [0, 0.05) is 16.5 Å². The van der Waals surface area contributed by atoms with Gasteiger partial charge in [-0.2, -0.15) is 5.10 Å². The Bertz CT molecular complexity index is 1310. The summed E-state index contributed by atoms with van der Waals surface area (Å²) in [5, 5.41) is 12.3. The van der Waals surface area contributed by atoms with Crippen molar-refractivity contribution in [2.75, 3.05) is 12.4 Å². The zero-order valence-corrected chi connectivity index (χ0v) is 18.9. The molecule has 4 aromatic rings. The summed E-state index contributed by atoms with van der Waals surface area (Å²) in [7, 11) is 1.63. The molecule has 31 heavy (non-hydrogen) atoms. The Morgan fingerprint density at radius 2 is 2.03 bits per heavy atom. The molecule has 0 unspecified atom stereocenters. The van der Waals surface area contributed by atoms with Crippen molar-refractivity contribution < 1.29 is 9.53 Å². The van der Waals surface area contributed by atoms with Gasteiger partial charge < -0.3 is 10.1 Å². The first-order chi connectivity index (χ1) is 14.9. The van der Waals surface area contributed by atoms with Crippen LogP contribution in [0, 0.1) is 18.6 Å². The van der Waals surface area contributed by atoms with E-state index < -0.39 is 0 Å². The molecule has 9 heteroatoms. The minimum atomic E-state index is -0.233. The van der Waals surface area contributed by atoms with Crippen LogP contribution in [-0.4, -0.2) is 32.8 Å². The number of aromatic amines is 1. The standard InChI is InChI=1S/C22H21N5O2S2/c1-13-5-4-6-15(9-13)20-25-26-22(30)27(20)11-19(28)24-21-23-17(12-31-21)16-10-14(2)7-8-18(16)29-3/h4-10,12H,11H2,1-3H3,(H,26,30)(H,23,24,28). The molecule has 0 spiro atoms. The van der Waals surface area contributed by atoms with Crippen LogP contribution in [0.1, 0.15) is 11.1 Å². The van der Waals surface area contributed by atoms with Gasteiger partial charge in [-0.3, -0.25) is 14.5 Å². The van der Waals surface area contributed by atoms with Crippen molar-refractivity contribution in [1.29, 1.82) is 0 Å². The number of hydrogen-bond acceptors (Lipinski definition) is 6. The molecule has 1 amide bonds. The van der Waals surface area contributed by atoms with Crippen LogP contribution in [0.15, 0.2) is 47.8 Å². The van der Waals surface area contributed by atoms with E-state index in [0.29, 0.717) is 15.7 Å². The first kappa shape index (κ1) is 21.0. The smallest absolute Gasteiger partial charge is 0.246 e. The van der Waals surface area contributed by atoms with Gasteiger partial charge in [-0.15, -0.1) is 11.3 Å². The number of amides is 1. The lowest BCUT2D eigenvalue weighted by Gasteiger charge is -2.08. The molecule has 0 saturated heterocycles. The molecule has 0 bridgehead atoms. The maximum Gasteiger partial charge on any atom is 0.246 e. The monoisotopic (exact) mass is 451 g/mol. The molecule has 4 rings (SSSR count). The fourth-order valence-corrected chi connectivity index (χ4v) is 4.17. The zero-order valence-electron chi connectivity index (χ0n) is 17.3.